The molecule has 1 unspecified atom stereocenters. The van der Waals surface area contributed by atoms with Crippen LogP contribution in [0.1, 0.15) is 13.3 Å². The van der Waals surface area contributed by atoms with Gasteiger partial charge in [-0.1, -0.05) is 23.4 Å². The smallest absolute Gasteiger partial charge is 0.242 e. The van der Waals surface area contributed by atoms with Crippen LogP contribution >= 0.6 is 23.4 Å². The minimum Gasteiger partial charge on any atom is -0.497 e. The number of anilines is 1. The Kier molecular flexibility index (Phi) is 6.53. The molecule has 0 radical (unpaired) electrons. The van der Waals surface area contributed by atoms with Crippen molar-refractivity contribution in [3.63, 3.8) is 0 Å². The van der Waals surface area contributed by atoms with Gasteiger partial charge >= 0.3 is 0 Å². The van der Waals surface area contributed by atoms with E-state index in [1.165, 1.54) is 18.0 Å². The number of halogens is 1. The molecule has 1 saturated heterocycles. The molecule has 9 heteroatoms. The summed E-state index contributed by atoms with van der Waals surface area (Å²) in [6, 6.07) is 10.4. The first-order valence-corrected chi connectivity index (χ1v) is 9.88. The fraction of sp³-hybridized carbons (Fsp3) is 0.263. The zero-order valence-corrected chi connectivity index (χ0v) is 17.0. The number of pyridine rings is 1. The van der Waals surface area contributed by atoms with E-state index < -0.39 is 5.25 Å². The predicted molar refractivity (Wildman–Crippen MR) is 111 cm³/mol. The Morgan fingerprint density at radius 2 is 2.07 bits per heavy atom. The molecule has 28 heavy (non-hydrogen) atoms. The standard InChI is InChI=1S/C19H19ClN4O3S/c1-3-24-18(26)15(28-19(24)23-16-9-4-12(20)11-21-16)10-17(25)22-13-5-7-14(27-2)8-6-13/h4-9,11,15H,3,10H2,1-2H3,(H,22,25). The minimum atomic E-state index is -0.524. The van der Waals surface area contributed by atoms with E-state index in [0.29, 0.717) is 34.0 Å². The van der Waals surface area contributed by atoms with Crippen LogP contribution in [0.3, 0.4) is 0 Å². The zero-order valence-electron chi connectivity index (χ0n) is 15.4. The highest BCUT2D eigenvalue weighted by molar-refractivity contribution is 8.15. The minimum absolute atomic E-state index is 0.0547. The lowest BCUT2D eigenvalue weighted by Crippen LogP contribution is -2.33. The van der Waals surface area contributed by atoms with Crippen molar-refractivity contribution in [3.05, 3.63) is 47.6 Å². The number of aliphatic imine (C=N–C) groups is 1. The van der Waals surface area contributed by atoms with E-state index in [4.69, 9.17) is 16.3 Å². The van der Waals surface area contributed by atoms with Gasteiger partial charge in [-0.3, -0.25) is 14.5 Å². The summed E-state index contributed by atoms with van der Waals surface area (Å²) in [5.74, 6) is 0.791. The molecule has 1 aromatic carbocycles. The van der Waals surface area contributed by atoms with Crippen molar-refractivity contribution >= 4 is 51.9 Å². The molecule has 146 valence electrons. The number of carbonyl (C=O) groups is 2. The number of hydrogen-bond acceptors (Lipinski definition) is 6. The lowest BCUT2D eigenvalue weighted by atomic mass is 10.2. The highest BCUT2D eigenvalue weighted by atomic mass is 35.5. The number of carbonyl (C=O) groups excluding carboxylic acids is 2. The first kappa shape index (κ1) is 20.2. The van der Waals surface area contributed by atoms with Gasteiger partial charge in [-0.15, -0.1) is 0 Å². The van der Waals surface area contributed by atoms with Crippen molar-refractivity contribution in [2.24, 2.45) is 4.99 Å². The largest absolute Gasteiger partial charge is 0.497 e. The molecule has 7 nitrogen and oxygen atoms in total. The molecule has 2 aromatic rings. The van der Waals surface area contributed by atoms with E-state index in [9.17, 15) is 9.59 Å². The normalized spacial score (nSPS) is 17.8. The average molecular weight is 419 g/mol. The van der Waals surface area contributed by atoms with Gasteiger partial charge in [0, 0.05) is 24.8 Å². The summed E-state index contributed by atoms with van der Waals surface area (Å²) < 4.78 is 5.10. The fourth-order valence-corrected chi connectivity index (χ4v) is 3.92. The molecular formula is C19H19ClN4O3S. The quantitative estimate of drug-likeness (QED) is 0.772. The monoisotopic (exact) mass is 418 g/mol. The Bertz CT molecular complexity index is 887. The van der Waals surface area contributed by atoms with E-state index >= 15 is 0 Å². The number of amides is 2. The van der Waals surface area contributed by atoms with Gasteiger partial charge in [-0.05, 0) is 43.3 Å². The summed E-state index contributed by atoms with van der Waals surface area (Å²) in [6.07, 6.45) is 1.55. The van der Waals surface area contributed by atoms with E-state index in [2.05, 4.69) is 15.3 Å². The maximum absolute atomic E-state index is 12.6. The Hall–Kier alpha value is -2.58. The summed E-state index contributed by atoms with van der Waals surface area (Å²) in [7, 11) is 1.58. The van der Waals surface area contributed by atoms with Crippen LogP contribution in [0.15, 0.2) is 47.6 Å². The number of aromatic nitrogens is 1. The van der Waals surface area contributed by atoms with Crippen LogP contribution in [0.25, 0.3) is 0 Å². The average Bonchev–Trinajstić information content (AvgIpc) is 2.98. The van der Waals surface area contributed by atoms with Crippen molar-refractivity contribution in [3.8, 4) is 5.75 Å². The summed E-state index contributed by atoms with van der Waals surface area (Å²) in [5, 5.41) is 3.32. The maximum atomic E-state index is 12.6. The Balaban J connectivity index is 1.67. The summed E-state index contributed by atoms with van der Waals surface area (Å²) >= 11 is 7.11. The van der Waals surface area contributed by atoms with Crippen LogP contribution in [-0.4, -0.2) is 45.8 Å². The van der Waals surface area contributed by atoms with Crippen LogP contribution in [0.2, 0.25) is 5.02 Å². The number of thioether (sulfide) groups is 1. The van der Waals surface area contributed by atoms with Gasteiger partial charge in [0.1, 0.15) is 11.0 Å². The van der Waals surface area contributed by atoms with E-state index in [1.54, 1.807) is 48.4 Å². The van der Waals surface area contributed by atoms with Crippen LogP contribution in [0.5, 0.6) is 5.75 Å². The highest BCUT2D eigenvalue weighted by Gasteiger charge is 2.38. The van der Waals surface area contributed by atoms with Gasteiger partial charge < -0.3 is 10.1 Å². The number of methoxy groups -OCH3 is 1. The molecule has 0 spiro atoms. The molecule has 0 aliphatic carbocycles. The van der Waals surface area contributed by atoms with E-state index in [0.717, 1.165) is 0 Å². The molecule has 1 N–H and O–H groups in total. The number of hydrogen-bond donors (Lipinski definition) is 1. The summed E-state index contributed by atoms with van der Waals surface area (Å²) in [4.78, 5) is 35.1. The molecular weight excluding hydrogens is 400 g/mol. The lowest BCUT2D eigenvalue weighted by molar-refractivity contribution is -0.128. The molecule has 1 fully saturated rings. The molecule has 3 rings (SSSR count). The lowest BCUT2D eigenvalue weighted by Gasteiger charge is -2.13. The third kappa shape index (κ3) is 4.82. The van der Waals surface area contributed by atoms with Gasteiger partial charge in [0.05, 0.1) is 12.1 Å². The van der Waals surface area contributed by atoms with Crippen molar-refractivity contribution in [2.75, 3.05) is 19.0 Å². The first-order chi connectivity index (χ1) is 13.5. The topological polar surface area (TPSA) is 83.9 Å². The predicted octanol–water partition coefficient (Wildman–Crippen LogP) is 3.72. The van der Waals surface area contributed by atoms with Gasteiger partial charge in [0.15, 0.2) is 11.0 Å². The van der Waals surface area contributed by atoms with Crippen molar-refractivity contribution in [1.29, 1.82) is 0 Å². The molecule has 1 atom stereocenters. The fourth-order valence-electron chi connectivity index (χ4n) is 2.60. The van der Waals surface area contributed by atoms with Crippen LogP contribution in [-0.2, 0) is 9.59 Å². The molecule has 2 amide bonds. The number of nitrogens with zero attached hydrogens (tertiary/aromatic N) is 3. The van der Waals surface area contributed by atoms with Gasteiger partial charge in [0.2, 0.25) is 11.8 Å². The van der Waals surface area contributed by atoms with Gasteiger partial charge in [0.25, 0.3) is 0 Å². The van der Waals surface area contributed by atoms with Crippen LogP contribution in [0.4, 0.5) is 11.5 Å². The van der Waals surface area contributed by atoms with Crippen LogP contribution in [0, 0.1) is 0 Å². The second kappa shape index (κ2) is 9.07. The molecule has 1 aliphatic heterocycles. The number of amidine groups is 1. The number of rotatable bonds is 6. The third-order valence-electron chi connectivity index (χ3n) is 4.00. The number of ether oxygens (including phenoxy) is 1. The van der Waals surface area contributed by atoms with E-state index in [-0.39, 0.29) is 18.2 Å². The number of benzene rings is 1. The molecule has 0 saturated carbocycles. The third-order valence-corrected chi connectivity index (χ3v) is 5.40. The second-order valence-corrected chi connectivity index (χ2v) is 7.51. The highest BCUT2D eigenvalue weighted by Crippen LogP contribution is 2.31. The first-order valence-electron chi connectivity index (χ1n) is 8.62. The van der Waals surface area contributed by atoms with Crippen molar-refractivity contribution < 1.29 is 14.3 Å². The molecule has 2 heterocycles. The molecule has 0 bridgehead atoms. The second-order valence-electron chi connectivity index (χ2n) is 5.90. The number of nitrogens with one attached hydrogen (secondary N) is 1. The van der Waals surface area contributed by atoms with Crippen LogP contribution < -0.4 is 10.1 Å². The molecule has 1 aliphatic rings. The SMILES string of the molecule is CCN1C(=O)C(CC(=O)Nc2ccc(OC)cc2)SC1=Nc1ccc(Cl)cn1. The maximum Gasteiger partial charge on any atom is 0.242 e. The Morgan fingerprint density at radius 3 is 2.68 bits per heavy atom. The van der Waals surface area contributed by atoms with Crippen molar-refractivity contribution in [1.82, 2.24) is 9.88 Å². The summed E-state index contributed by atoms with van der Waals surface area (Å²) in [5.41, 5.74) is 0.646. The summed E-state index contributed by atoms with van der Waals surface area (Å²) in [6.45, 7) is 2.33. The van der Waals surface area contributed by atoms with Gasteiger partial charge in [-0.25, -0.2) is 9.98 Å². The Labute approximate surface area is 172 Å². The zero-order chi connectivity index (χ0) is 20.1. The Morgan fingerprint density at radius 1 is 1.32 bits per heavy atom. The van der Waals surface area contributed by atoms with Gasteiger partial charge in [-0.2, -0.15) is 0 Å². The molecule has 1 aromatic heterocycles. The van der Waals surface area contributed by atoms with Crippen molar-refractivity contribution in [2.45, 2.75) is 18.6 Å². The van der Waals surface area contributed by atoms with E-state index in [1.807, 2.05) is 6.92 Å².